The van der Waals surface area contributed by atoms with Gasteiger partial charge in [0, 0.05) is 5.56 Å². The largest absolute Gasteiger partial charge is 0.492 e. The van der Waals surface area contributed by atoms with Gasteiger partial charge in [-0.1, -0.05) is 18.2 Å². The van der Waals surface area contributed by atoms with Crippen molar-refractivity contribution in [3.8, 4) is 5.75 Å². The van der Waals surface area contributed by atoms with Gasteiger partial charge in [0.1, 0.15) is 18.3 Å². The van der Waals surface area contributed by atoms with E-state index in [2.05, 4.69) is 5.32 Å². The van der Waals surface area contributed by atoms with Crippen LogP contribution in [0.15, 0.2) is 24.3 Å². The monoisotopic (exact) mass is 249 g/mol. The van der Waals surface area contributed by atoms with E-state index < -0.39 is 11.6 Å². The van der Waals surface area contributed by atoms with Crippen LogP contribution in [0.25, 0.3) is 0 Å². The van der Waals surface area contributed by atoms with E-state index in [0.29, 0.717) is 6.61 Å². The summed E-state index contributed by atoms with van der Waals surface area (Å²) in [4.78, 5) is 12.2. The van der Waals surface area contributed by atoms with Crippen molar-refractivity contribution >= 4 is 5.91 Å². The maximum atomic E-state index is 12.2. The van der Waals surface area contributed by atoms with E-state index >= 15 is 0 Å². The Balaban J connectivity index is 2.13. The molecule has 1 amide bonds. The molecular formula is C14H19NO3. The molecule has 0 saturated carbocycles. The Hall–Kier alpha value is -1.55. The van der Waals surface area contributed by atoms with Crippen molar-refractivity contribution < 1.29 is 14.6 Å². The van der Waals surface area contributed by atoms with Crippen molar-refractivity contribution in [1.29, 1.82) is 0 Å². The number of carbonyl (C=O) groups is 1. The van der Waals surface area contributed by atoms with Crippen LogP contribution in [0.4, 0.5) is 0 Å². The van der Waals surface area contributed by atoms with Gasteiger partial charge in [-0.2, -0.15) is 0 Å². The van der Waals surface area contributed by atoms with Crippen LogP contribution in [-0.4, -0.2) is 29.3 Å². The second-order valence-corrected chi connectivity index (χ2v) is 5.29. The number of amides is 1. The van der Waals surface area contributed by atoms with E-state index in [1.54, 1.807) is 20.8 Å². The van der Waals surface area contributed by atoms with Crippen molar-refractivity contribution in [2.75, 3.05) is 6.61 Å². The van der Waals surface area contributed by atoms with Crippen LogP contribution in [-0.2, 0) is 4.79 Å². The van der Waals surface area contributed by atoms with Crippen LogP contribution in [0.5, 0.6) is 5.75 Å². The molecule has 0 bridgehead atoms. The predicted octanol–water partition coefficient (Wildman–Crippen LogP) is 1.44. The average Bonchev–Trinajstić information content (AvgIpc) is 2.71. The molecule has 2 unspecified atom stereocenters. The number of fused-ring (bicyclic) bond motifs is 1. The summed E-state index contributed by atoms with van der Waals surface area (Å²) in [5, 5.41) is 12.5. The normalized spacial score (nSPS) is 19.9. The SMILES string of the molecule is CC(O)C(C)(C)NC(=O)C1COc2ccccc21. The van der Waals surface area contributed by atoms with E-state index in [4.69, 9.17) is 4.74 Å². The Bertz CT molecular complexity index is 454. The van der Waals surface area contributed by atoms with E-state index in [-0.39, 0.29) is 11.8 Å². The minimum absolute atomic E-state index is 0.106. The fraction of sp³-hybridized carbons (Fsp3) is 0.500. The van der Waals surface area contributed by atoms with Crippen molar-refractivity contribution in [2.45, 2.75) is 38.3 Å². The van der Waals surface area contributed by atoms with Crippen LogP contribution in [0.3, 0.4) is 0 Å². The van der Waals surface area contributed by atoms with Gasteiger partial charge in [-0.05, 0) is 26.8 Å². The highest BCUT2D eigenvalue weighted by molar-refractivity contribution is 5.86. The first-order valence-corrected chi connectivity index (χ1v) is 6.13. The Kier molecular flexibility index (Phi) is 3.30. The molecule has 1 aliphatic rings. The Morgan fingerprint density at radius 2 is 2.17 bits per heavy atom. The molecule has 1 aromatic carbocycles. The lowest BCUT2D eigenvalue weighted by molar-refractivity contribution is -0.125. The lowest BCUT2D eigenvalue weighted by Crippen LogP contribution is -2.52. The summed E-state index contributed by atoms with van der Waals surface area (Å²) in [5.74, 6) is 0.373. The Morgan fingerprint density at radius 1 is 1.50 bits per heavy atom. The lowest BCUT2D eigenvalue weighted by atomic mass is 9.95. The molecule has 4 heteroatoms. The maximum absolute atomic E-state index is 12.2. The van der Waals surface area contributed by atoms with Crippen molar-refractivity contribution in [1.82, 2.24) is 5.32 Å². The smallest absolute Gasteiger partial charge is 0.231 e. The van der Waals surface area contributed by atoms with Crippen LogP contribution >= 0.6 is 0 Å². The van der Waals surface area contributed by atoms with Crippen LogP contribution in [0.1, 0.15) is 32.3 Å². The number of nitrogens with one attached hydrogen (secondary N) is 1. The van der Waals surface area contributed by atoms with Crippen LogP contribution in [0.2, 0.25) is 0 Å². The molecule has 0 aliphatic carbocycles. The number of ether oxygens (including phenoxy) is 1. The van der Waals surface area contributed by atoms with E-state index in [0.717, 1.165) is 11.3 Å². The summed E-state index contributed by atoms with van der Waals surface area (Å²) in [6.07, 6.45) is -0.612. The molecule has 0 saturated heterocycles. The fourth-order valence-electron chi connectivity index (χ4n) is 1.89. The van der Waals surface area contributed by atoms with Gasteiger partial charge in [-0.3, -0.25) is 4.79 Å². The summed E-state index contributed by atoms with van der Waals surface area (Å²) in [5.41, 5.74) is 0.269. The van der Waals surface area contributed by atoms with Gasteiger partial charge in [0.15, 0.2) is 0 Å². The number of rotatable bonds is 3. The van der Waals surface area contributed by atoms with Crippen LogP contribution in [0, 0.1) is 0 Å². The quantitative estimate of drug-likeness (QED) is 0.852. The molecule has 1 aromatic rings. The molecule has 2 N–H and O–H groups in total. The highest BCUT2D eigenvalue weighted by Crippen LogP contribution is 2.33. The van der Waals surface area contributed by atoms with Gasteiger partial charge in [-0.25, -0.2) is 0 Å². The van der Waals surface area contributed by atoms with E-state index in [1.807, 2.05) is 24.3 Å². The van der Waals surface area contributed by atoms with Gasteiger partial charge in [0.25, 0.3) is 0 Å². The molecule has 0 aromatic heterocycles. The predicted molar refractivity (Wildman–Crippen MR) is 68.6 cm³/mol. The van der Waals surface area contributed by atoms with Gasteiger partial charge < -0.3 is 15.2 Å². The summed E-state index contributed by atoms with van der Waals surface area (Å²) >= 11 is 0. The molecule has 2 rings (SSSR count). The highest BCUT2D eigenvalue weighted by atomic mass is 16.5. The number of hydrogen-bond donors (Lipinski definition) is 2. The first-order valence-electron chi connectivity index (χ1n) is 6.13. The minimum atomic E-state index is -0.644. The second-order valence-electron chi connectivity index (χ2n) is 5.29. The zero-order chi connectivity index (χ0) is 13.3. The molecule has 18 heavy (non-hydrogen) atoms. The first-order chi connectivity index (χ1) is 8.42. The molecule has 0 fully saturated rings. The number of carbonyl (C=O) groups excluding carboxylic acids is 1. The van der Waals surface area contributed by atoms with E-state index in [1.165, 1.54) is 0 Å². The van der Waals surface area contributed by atoms with Crippen molar-refractivity contribution in [3.05, 3.63) is 29.8 Å². The van der Waals surface area contributed by atoms with Gasteiger partial charge in [0.05, 0.1) is 11.6 Å². The number of aliphatic hydroxyl groups is 1. The molecule has 1 heterocycles. The average molecular weight is 249 g/mol. The van der Waals surface area contributed by atoms with Crippen molar-refractivity contribution in [3.63, 3.8) is 0 Å². The molecule has 1 aliphatic heterocycles. The minimum Gasteiger partial charge on any atom is -0.492 e. The maximum Gasteiger partial charge on any atom is 0.231 e. The van der Waals surface area contributed by atoms with Crippen molar-refractivity contribution in [2.24, 2.45) is 0 Å². The molecule has 0 radical (unpaired) electrons. The third kappa shape index (κ3) is 2.34. The number of para-hydroxylation sites is 1. The number of benzene rings is 1. The highest BCUT2D eigenvalue weighted by Gasteiger charge is 2.34. The third-order valence-corrected chi connectivity index (χ3v) is 3.51. The molecule has 0 spiro atoms. The lowest BCUT2D eigenvalue weighted by Gasteiger charge is -2.30. The summed E-state index contributed by atoms with van der Waals surface area (Å²) < 4.78 is 5.48. The summed E-state index contributed by atoms with van der Waals surface area (Å²) in [7, 11) is 0. The van der Waals surface area contributed by atoms with Crippen LogP contribution < -0.4 is 10.1 Å². The number of aliphatic hydroxyl groups excluding tert-OH is 1. The molecular weight excluding hydrogens is 230 g/mol. The second kappa shape index (κ2) is 4.61. The Labute approximate surface area is 107 Å². The van der Waals surface area contributed by atoms with Gasteiger partial charge in [0.2, 0.25) is 5.91 Å². The zero-order valence-corrected chi connectivity index (χ0v) is 10.9. The zero-order valence-electron chi connectivity index (χ0n) is 10.9. The van der Waals surface area contributed by atoms with E-state index in [9.17, 15) is 9.90 Å². The molecule has 4 nitrogen and oxygen atoms in total. The fourth-order valence-corrected chi connectivity index (χ4v) is 1.89. The summed E-state index contributed by atoms with van der Waals surface area (Å²) in [6.45, 7) is 5.63. The summed E-state index contributed by atoms with van der Waals surface area (Å²) in [6, 6.07) is 7.55. The molecule has 2 atom stereocenters. The Morgan fingerprint density at radius 3 is 2.83 bits per heavy atom. The van der Waals surface area contributed by atoms with Gasteiger partial charge >= 0.3 is 0 Å². The topological polar surface area (TPSA) is 58.6 Å². The van der Waals surface area contributed by atoms with Gasteiger partial charge in [-0.15, -0.1) is 0 Å². The third-order valence-electron chi connectivity index (χ3n) is 3.51. The standard InChI is InChI=1S/C14H19NO3/c1-9(16)14(2,3)15-13(17)11-8-18-12-7-5-4-6-10(11)12/h4-7,9,11,16H,8H2,1-3H3,(H,15,17). The molecule has 98 valence electrons. The number of hydrogen-bond acceptors (Lipinski definition) is 3. The first kappa shape index (κ1) is 12.9.